The minimum atomic E-state index is -4.72. The normalized spacial score (nSPS) is 23.9. The van der Waals surface area contributed by atoms with Gasteiger partial charge >= 0.3 is 6.18 Å². The van der Waals surface area contributed by atoms with Gasteiger partial charge in [-0.1, -0.05) is 41.9 Å². The summed E-state index contributed by atoms with van der Waals surface area (Å²) in [5.74, 6) is -2.48. The van der Waals surface area contributed by atoms with Crippen LogP contribution in [-0.2, 0) is 4.74 Å². The van der Waals surface area contributed by atoms with Crippen LogP contribution in [0.15, 0.2) is 71.2 Å². The van der Waals surface area contributed by atoms with Gasteiger partial charge in [-0.3, -0.25) is 0 Å². The Morgan fingerprint density at radius 2 is 1.76 bits per heavy atom. The van der Waals surface area contributed by atoms with E-state index < -0.39 is 30.0 Å². The Kier molecular flexibility index (Phi) is 4.63. The molecule has 2 N–H and O–H groups in total. The van der Waals surface area contributed by atoms with E-state index in [1.807, 2.05) is 6.07 Å². The summed E-state index contributed by atoms with van der Waals surface area (Å²) < 4.78 is 47.4. The van der Waals surface area contributed by atoms with Crippen LogP contribution >= 0.6 is 11.6 Å². The molecule has 0 aliphatic carbocycles. The van der Waals surface area contributed by atoms with Crippen molar-refractivity contribution in [3.05, 3.63) is 76.6 Å². The summed E-state index contributed by atoms with van der Waals surface area (Å²) in [6.45, 7) is 0. The second kappa shape index (κ2) is 7.01. The minimum absolute atomic E-state index is 0.0690. The van der Waals surface area contributed by atoms with Crippen molar-refractivity contribution in [2.45, 2.75) is 18.3 Å². The van der Waals surface area contributed by atoms with Crippen LogP contribution in [0.3, 0.4) is 0 Å². The maximum atomic E-state index is 13.9. The van der Waals surface area contributed by atoms with E-state index in [9.17, 15) is 18.4 Å². The molecule has 4 rings (SSSR count). The monoisotopic (exact) mass is 418 g/mol. The van der Waals surface area contributed by atoms with Gasteiger partial charge in [0.15, 0.2) is 5.71 Å². The number of rotatable bonds is 2. The fraction of sp³-hybridized carbons (Fsp3) is 0.200. The van der Waals surface area contributed by atoms with Gasteiger partial charge in [0.1, 0.15) is 6.07 Å². The Labute approximate surface area is 169 Å². The van der Waals surface area contributed by atoms with Gasteiger partial charge in [0, 0.05) is 10.9 Å². The minimum Gasteiger partial charge on any atom is -0.452 e. The molecular weight excluding hydrogens is 405 g/mol. The number of benzene rings is 2. The lowest BCUT2D eigenvalue weighted by atomic mass is 9.76. The number of nitriles is 1. The molecule has 0 radical (unpaired) electrons. The van der Waals surface area contributed by atoms with Crippen LogP contribution in [0.2, 0.25) is 5.02 Å². The Morgan fingerprint density at radius 1 is 1.10 bits per heavy atom. The van der Waals surface area contributed by atoms with Gasteiger partial charge in [0.2, 0.25) is 12.1 Å². The van der Waals surface area contributed by atoms with Gasteiger partial charge in [-0.2, -0.15) is 23.5 Å². The van der Waals surface area contributed by atoms with Gasteiger partial charge in [0.25, 0.3) is 0 Å². The zero-order valence-electron chi connectivity index (χ0n) is 14.8. The van der Waals surface area contributed by atoms with Crippen molar-refractivity contribution in [1.29, 1.82) is 5.26 Å². The predicted octanol–water partition coefficient (Wildman–Crippen LogP) is 4.53. The average molecular weight is 419 g/mol. The molecule has 5 nitrogen and oxygen atoms in total. The van der Waals surface area contributed by atoms with Crippen molar-refractivity contribution in [2.24, 2.45) is 16.8 Å². The third-order valence-corrected chi connectivity index (χ3v) is 5.18. The summed E-state index contributed by atoms with van der Waals surface area (Å²) in [6, 6.07) is 16.6. The molecule has 0 amide bonds. The Hall–Kier alpha value is -3.18. The SMILES string of the molecule is N#CC1=C(N)OC2C(C(C(F)(F)F)=NN2c2ccccc2)C1c1ccc(Cl)cc1. The van der Waals surface area contributed by atoms with Crippen molar-refractivity contribution in [3.8, 4) is 6.07 Å². The maximum Gasteiger partial charge on any atom is 0.431 e. The van der Waals surface area contributed by atoms with Gasteiger partial charge in [-0.15, -0.1) is 0 Å². The molecule has 2 aliphatic rings. The third-order valence-electron chi connectivity index (χ3n) is 4.92. The smallest absolute Gasteiger partial charge is 0.431 e. The highest BCUT2D eigenvalue weighted by Crippen LogP contribution is 2.48. The molecule has 2 aromatic rings. The van der Waals surface area contributed by atoms with Crippen LogP contribution in [0.25, 0.3) is 0 Å². The number of hydrogen-bond acceptors (Lipinski definition) is 5. The maximum absolute atomic E-state index is 13.9. The van der Waals surface area contributed by atoms with Gasteiger partial charge in [-0.05, 0) is 29.8 Å². The number of hydrogen-bond donors (Lipinski definition) is 1. The van der Waals surface area contributed by atoms with E-state index in [0.29, 0.717) is 16.3 Å². The average Bonchev–Trinajstić information content (AvgIpc) is 3.08. The highest BCUT2D eigenvalue weighted by molar-refractivity contribution is 6.30. The number of nitrogens with two attached hydrogens (primary N) is 1. The van der Waals surface area contributed by atoms with E-state index in [1.54, 1.807) is 54.6 Å². The fourth-order valence-electron chi connectivity index (χ4n) is 3.70. The van der Waals surface area contributed by atoms with E-state index in [0.717, 1.165) is 5.01 Å². The summed E-state index contributed by atoms with van der Waals surface area (Å²) in [7, 11) is 0. The molecule has 0 saturated carbocycles. The number of halogens is 4. The number of alkyl halides is 3. The van der Waals surface area contributed by atoms with Crippen LogP contribution in [-0.4, -0.2) is 18.1 Å². The number of ether oxygens (including phenoxy) is 1. The number of nitrogens with zero attached hydrogens (tertiary/aromatic N) is 3. The number of anilines is 1. The summed E-state index contributed by atoms with van der Waals surface area (Å²) in [5.41, 5.74) is 5.75. The van der Waals surface area contributed by atoms with Gasteiger partial charge in [0.05, 0.1) is 17.2 Å². The van der Waals surface area contributed by atoms with E-state index >= 15 is 0 Å². The van der Waals surface area contributed by atoms with E-state index in [2.05, 4.69) is 5.10 Å². The lowest BCUT2D eigenvalue weighted by molar-refractivity contribution is -0.0658. The largest absolute Gasteiger partial charge is 0.452 e. The Balaban J connectivity index is 1.90. The van der Waals surface area contributed by atoms with Gasteiger partial charge < -0.3 is 10.5 Å². The molecule has 0 saturated heterocycles. The van der Waals surface area contributed by atoms with E-state index in [-0.39, 0.29) is 11.5 Å². The summed E-state index contributed by atoms with van der Waals surface area (Å²) >= 11 is 5.93. The summed E-state index contributed by atoms with van der Waals surface area (Å²) in [5, 5.41) is 15.1. The molecule has 9 heteroatoms. The zero-order chi connectivity index (χ0) is 20.8. The molecule has 148 valence electrons. The first-order chi connectivity index (χ1) is 13.8. The molecule has 0 bridgehead atoms. The molecule has 2 heterocycles. The topological polar surface area (TPSA) is 74.6 Å². The number of hydrazone groups is 1. The molecule has 29 heavy (non-hydrogen) atoms. The molecule has 0 fully saturated rings. The Bertz CT molecular complexity index is 1030. The van der Waals surface area contributed by atoms with Crippen molar-refractivity contribution < 1.29 is 17.9 Å². The standard InChI is InChI=1S/C20H14ClF3N4O/c21-12-8-6-11(7-9-12)15-14(10-25)18(26)29-19-16(15)17(20(22,23)24)27-28(19)13-4-2-1-3-5-13/h1-9,15-16,19H,26H2. The summed E-state index contributed by atoms with van der Waals surface area (Å²) in [6.07, 6.45) is -5.86. The van der Waals surface area contributed by atoms with Crippen molar-refractivity contribution in [3.63, 3.8) is 0 Å². The van der Waals surface area contributed by atoms with E-state index in [4.69, 9.17) is 22.1 Å². The Morgan fingerprint density at radius 3 is 2.34 bits per heavy atom. The third kappa shape index (κ3) is 3.28. The van der Waals surface area contributed by atoms with Crippen molar-refractivity contribution in [2.75, 3.05) is 5.01 Å². The zero-order valence-corrected chi connectivity index (χ0v) is 15.5. The quantitative estimate of drug-likeness (QED) is 0.777. The lowest BCUT2D eigenvalue weighted by Gasteiger charge is -2.37. The van der Waals surface area contributed by atoms with Crippen LogP contribution in [0, 0.1) is 17.2 Å². The second-order valence-corrected chi connectivity index (χ2v) is 7.05. The number of fused-ring (bicyclic) bond motifs is 1. The first-order valence-electron chi connectivity index (χ1n) is 8.63. The van der Waals surface area contributed by atoms with Crippen molar-refractivity contribution >= 4 is 23.0 Å². The van der Waals surface area contributed by atoms with Crippen LogP contribution in [0.4, 0.5) is 18.9 Å². The molecular formula is C20H14ClF3N4O. The van der Waals surface area contributed by atoms with Gasteiger partial charge in [-0.25, -0.2) is 5.01 Å². The summed E-state index contributed by atoms with van der Waals surface area (Å²) in [4.78, 5) is 0. The van der Waals surface area contributed by atoms with Crippen molar-refractivity contribution in [1.82, 2.24) is 0 Å². The molecule has 2 aliphatic heterocycles. The lowest BCUT2D eigenvalue weighted by Crippen LogP contribution is -2.46. The molecule has 0 spiro atoms. The van der Waals surface area contributed by atoms with E-state index in [1.165, 1.54) is 0 Å². The van der Waals surface area contributed by atoms with Crippen LogP contribution in [0.5, 0.6) is 0 Å². The number of para-hydroxylation sites is 1. The molecule has 3 atom stereocenters. The predicted molar refractivity (Wildman–Crippen MR) is 102 cm³/mol. The number of allylic oxidation sites excluding steroid dienone is 1. The second-order valence-electron chi connectivity index (χ2n) is 6.62. The van der Waals surface area contributed by atoms with Crippen LogP contribution < -0.4 is 10.7 Å². The highest BCUT2D eigenvalue weighted by Gasteiger charge is 2.57. The first-order valence-corrected chi connectivity index (χ1v) is 9.01. The molecule has 0 aromatic heterocycles. The molecule has 2 aromatic carbocycles. The first kappa shape index (κ1) is 19.2. The molecule has 3 unspecified atom stereocenters. The van der Waals surface area contributed by atoms with Crippen LogP contribution in [0.1, 0.15) is 11.5 Å². The highest BCUT2D eigenvalue weighted by atomic mass is 35.5. The fourth-order valence-corrected chi connectivity index (χ4v) is 3.82.